The number of carboxylic acid groups (broad SMARTS) is 1. The van der Waals surface area contributed by atoms with Crippen molar-refractivity contribution >= 4 is 29.0 Å². The molecule has 0 saturated heterocycles. The Bertz CT molecular complexity index is 1190. The molecule has 1 aliphatic heterocycles. The third-order valence-corrected chi connectivity index (χ3v) is 5.13. The van der Waals surface area contributed by atoms with E-state index in [9.17, 15) is 4.79 Å². The molecule has 1 amide bonds. The fourth-order valence-electron chi connectivity index (χ4n) is 3.84. The zero-order valence-electron chi connectivity index (χ0n) is 16.6. The van der Waals surface area contributed by atoms with E-state index in [4.69, 9.17) is 14.6 Å². The molecule has 0 saturated carbocycles. The Morgan fingerprint density at radius 3 is 2.90 bits per heavy atom. The van der Waals surface area contributed by atoms with Gasteiger partial charge in [-0.3, -0.25) is 14.7 Å². The van der Waals surface area contributed by atoms with Gasteiger partial charge in [-0.2, -0.15) is 5.10 Å². The number of nitrogens with zero attached hydrogens (tertiary/aromatic N) is 3. The molecule has 0 spiro atoms. The lowest BCUT2D eigenvalue weighted by Gasteiger charge is -2.27. The van der Waals surface area contributed by atoms with Crippen molar-refractivity contribution in [3.05, 3.63) is 72.4 Å². The average Bonchev–Trinajstić information content (AvgIpc) is 3.46. The number of aromatic amines is 1. The molecule has 0 bridgehead atoms. The summed E-state index contributed by atoms with van der Waals surface area (Å²) in [7, 11) is 0. The van der Waals surface area contributed by atoms with Gasteiger partial charge in [0.25, 0.3) is 6.47 Å². The summed E-state index contributed by atoms with van der Waals surface area (Å²) in [5.74, 6) is 0.701. The van der Waals surface area contributed by atoms with Crippen LogP contribution in [0.4, 0.5) is 5.69 Å². The Hall–Kier alpha value is -4.14. The third kappa shape index (κ3) is 4.25. The van der Waals surface area contributed by atoms with E-state index in [0.717, 1.165) is 33.5 Å². The van der Waals surface area contributed by atoms with Crippen LogP contribution >= 0.6 is 0 Å². The van der Waals surface area contributed by atoms with Crippen molar-refractivity contribution in [2.75, 3.05) is 11.9 Å². The van der Waals surface area contributed by atoms with Crippen LogP contribution in [-0.2, 0) is 16.1 Å². The van der Waals surface area contributed by atoms with Gasteiger partial charge in [0.2, 0.25) is 5.91 Å². The van der Waals surface area contributed by atoms with E-state index >= 15 is 0 Å². The van der Waals surface area contributed by atoms with Gasteiger partial charge in [-0.25, -0.2) is 4.98 Å². The predicted molar refractivity (Wildman–Crippen MR) is 114 cm³/mol. The predicted octanol–water partition coefficient (Wildman–Crippen LogP) is 3.01. The minimum atomic E-state index is -0.250. The van der Waals surface area contributed by atoms with Crippen LogP contribution in [-0.4, -0.2) is 43.8 Å². The third-order valence-electron chi connectivity index (χ3n) is 5.13. The molecule has 158 valence electrons. The fourth-order valence-corrected chi connectivity index (χ4v) is 3.84. The van der Waals surface area contributed by atoms with Crippen LogP contribution in [0.1, 0.15) is 23.5 Å². The lowest BCUT2D eigenvalue weighted by atomic mass is 9.83. The van der Waals surface area contributed by atoms with E-state index in [2.05, 4.69) is 20.5 Å². The number of ether oxygens (including phenoxy) is 1. The van der Waals surface area contributed by atoms with Gasteiger partial charge < -0.3 is 19.7 Å². The second kappa shape index (κ2) is 9.12. The highest BCUT2D eigenvalue weighted by molar-refractivity contribution is 6.00. The number of amides is 1. The number of rotatable bonds is 5. The molecule has 9 heteroatoms. The minimum Gasteiger partial charge on any atom is -0.491 e. The van der Waals surface area contributed by atoms with E-state index in [-0.39, 0.29) is 18.3 Å². The van der Waals surface area contributed by atoms with Gasteiger partial charge in [-0.05, 0) is 18.2 Å². The lowest BCUT2D eigenvalue weighted by Crippen LogP contribution is -2.24. The zero-order chi connectivity index (χ0) is 21.6. The van der Waals surface area contributed by atoms with Crippen LogP contribution in [0.3, 0.4) is 0 Å². The van der Waals surface area contributed by atoms with Gasteiger partial charge >= 0.3 is 0 Å². The Kier molecular flexibility index (Phi) is 5.93. The number of hydrogen-bond donors (Lipinski definition) is 3. The van der Waals surface area contributed by atoms with Crippen LogP contribution in [0.5, 0.6) is 5.75 Å². The first-order valence-corrected chi connectivity index (χ1v) is 9.72. The second-order valence-electron chi connectivity index (χ2n) is 6.96. The second-order valence-corrected chi connectivity index (χ2v) is 6.96. The quantitative estimate of drug-likeness (QED) is 0.428. The van der Waals surface area contributed by atoms with Crippen molar-refractivity contribution in [1.82, 2.24) is 19.7 Å². The molecular weight excluding hydrogens is 398 g/mol. The van der Waals surface area contributed by atoms with Gasteiger partial charge in [0, 0.05) is 46.9 Å². The topological polar surface area (TPSA) is 122 Å². The highest BCUT2D eigenvalue weighted by atomic mass is 16.5. The van der Waals surface area contributed by atoms with Crippen molar-refractivity contribution in [3.63, 3.8) is 0 Å². The van der Waals surface area contributed by atoms with Gasteiger partial charge in [0.15, 0.2) is 0 Å². The average molecular weight is 419 g/mol. The molecule has 2 aromatic carbocycles. The smallest absolute Gasteiger partial charge is 0.290 e. The van der Waals surface area contributed by atoms with Crippen molar-refractivity contribution in [3.8, 4) is 5.75 Å². The maximum Gasteiger partial charge on any atom is 0.290 e. The maximum absolute atomic E-state index is 12.4. The first kappa shape index (κ1) is 20.1. The maximum atomic E-state index is 12.4. The van der Waals surface area contributed by atoms with Crippen LogP contribution in [0, 0.1) is 0 Å². The van der Waals surface area contributed by atoms with Crippen molar-refractivity contribution in [2.24, 2.45) is 0 Å². The molecule has 1 atom stereocenters. The van der Waals surface area contributed by atoms with Gasteiger partial charge in [0.1, 0.15) is 12.4 Å². The zero-order valence-corrected chi connectivity index (χ0v) is 16.6. The Morgan fingerprint density at radius 1 is 1.26 bits per heavy atom. The van der Waals surface area contributed by atoms with Gasteiger partial charge in [-0.1, -0.05) is 18.2 Å². The molecule has 0 aliphatic carbocycles. The number of H-pyrrole nitrogens is 1. The first-order valence-electron chi connectivity index (χ1n) is 9.72. The van der Waals surface area contributed by atoms with E-state index in [1.807, 2.05) is 47.2 Å². The highest BCUT2D eigenvalue weighted by Gasteiger charge is 2.30. The number of para-hydroxylation sites is 1. The van der Waals surface area contributed by atoms with Crippen molar-refractivity contribution < 1.29 is 19.4 Å². The molecule has 0 fully saturated rings. The number of nitrogens with one attached hydrogen (secondary N) is 2. The molecule has 2 aromatic heterocycles. The number of carbonyl (C=O) groups excluding carboxylic acids is 1. The van der Waals surface area contributed by atoms with Crippen LogP contribution in [0.25, 0.3) is 10.9 Å². The number of aromatic nitrogens is 4. The molecule has 4 aromatic rings. The summed E-state index contributed by atoms with van der Waals surface area (Å²) in [5, 5.41) is 18.2. The molecule has 3 heterocycles. The molecule has 9 nitrogen and oxygen atoms in total. The summed E-state index contributed by atoms with van der Waals surface area (Å²) >= 11 is 0. The SMILES string of the molecule is O=C1CC(c2ccccc2OCCn2ccnc2)c2c(ccc3cn[nH]c23)N1.O=CO. The van der Waals surface area contributed by atoms with Gasteiger partial charge in [0.05, 0.1) is 24.6 Å². The summed E-state index contributed by atoms with van der Waals surface area (Å²) < 4.78 is 8.07. The highest BCUT2D eigenvalue weighted by Crippen LogP contribution is 2.43. The molecule has 31 heavy (non-hydrogen) atoms. The number of anilines is 1. The standard InChI is InChI=1S/C21H19N5O2.CH2O2/c27-19-11-16(20-17(24-19)6-5-14-12-23-25-21(14)20)15-3-1-2-4-18(15)28-10-9-26-8-7-22-13-26;2-1-3/h1-8,12-13,16H,9-11H2,(H,23,25)(H,24,27);1H,(H,2,3). The fraction of sp³-hybridized carbons (Fsp3) is 0.182. The Morgan fingerprint density at radius 2 is 2.10 bits per heavy atom. The summed E-state index contributed by atoms with van der Waals surface area (Å²) in [4.78, 5) is 24.8. The molecule has 5 rings (SSSR count). The van der Waals surface area contributed by atoms with Crippen LogP contribution < -0.4 is 10.1 Å². The van der Waals surface area contributed by atoms with Crippen LogP contribution in [0.2, 0.25) is 0 Å². The molecule has 1 aliphatic rings. The molecule has 3 N–H and O–H groups in total. The number of imidazole rings is 1. The largest absolute Gasteiger partial charge is 0.491 e. The van der Waals surface area contributed by atoms with Crippen LogP contribution in [0.15, 0.2) is 61.3 Å². The minimum absolute atomic E-state index is 0.00424. The molecule has 1 unspecified atom stereocenters. The normalized spacial score (nSPS) is 14.8. The van der Waals surface area contributed by atoms with E-state index in [0.29, 0.717) is 19.6 Å². The number of fused-ring (bicyclic) bond motifs is 3. The van der Waals surface area contributed by atoms with E-state index in [1.165, 1.54) is 0 Å². The lowest BCUT2D eigenvalue weighted by molar-refractivity contribution is -0.123. The molecular formula is C22H21N5O4. The van der Waals surface area contributed by atoms with E-state index < -0.39 is 0 Å². The Balaban J connectivity index is 0.000000730. The van der Waals surface area contributed by atoms with E-state index in [1.54, 1.807) is 18.7 Å². The van der Waals surface area contributed by atoms with Gasteiger partial charge in [-0.15, -0.1) is 0 Å². The molecule has 0 radical (unpaired) electrons. The summed E-state index contributed by atoms with van der Waals surface area (Å²) in [6, 6.07) is 11.8. The Labute approximate surface area is 177 Å². The summed E-state index contributed by atoms with van der Waals surface area (Å²) in [6.45, 7) is 0.980. The number of benzene rings is 2. The summed E-state index contributed by atoms with van der Waals surface area (Å²) in [5.41, 5.74) is 3.84. The van der Waals surface area contributed by atoms with Crippen molar-refractivity contribution in [1.29, 1.82) is 0 Å². The van der Waals surface area contributed by atoms with Crippen molar-refractivity contribution in [2.45, 2.75) is 18.9 Å². The monoisotopic (exact) mass is 419 g/mol. The number of carbonyl (C=O) groups is 2. The first-order chi connectivity index (χ1) is 15.2. The number of hydrogen-bond acceptors (Lipinski definition) is 5. The summed E-state index contributed by atoms with van der Waals surface area (Å²) in [6.07, 6.45) is 7.60.